The number of aliphatic hydroxyl groups excluding tert-OH is 1. The zero-order valence-electron chi connectivity index (χ0n) is 16.0. The van der Waals surface area contributed by atoms with Crippen molar-refractivity contribution in [1.82, 2.24) is 5.32 Å². The van der Waals surface area contributed by atoms with Crippen LogP contribution < -0.4 is 10.1 Å². The van der Waals surface area contributed by atoms with Gasteiger partial charge in [0.25, 0.3) is 5.91 Å². The number of carbonyl (C=O) groups is 1. The number of aliphatic hydroxyl groups is 1. The predicted octanol–water partition coefficient (Wildman–Crippen LogP) is 4.55. The van der Waals surface area contributed by atoms with E-state index in [1.54, 1.807) is 7.11 Å². The molecule has 0 saturated heterocycles. The van der Waals surface area contributed by atoms with Crippen molar-refractivity contribution in [2.75, 3.05) is 7.11 Å². The van der Waals surface area contributed by atoms with E-state index in [0.29, 0.717) is 5.56 Å². The van der Waals surface area contributed by atoms with Crippen LogP contribution >= 0.6 is 0 Å². The maximum absolute atomic E-state index is 13.0. The summed E-state index contributed by atoms with van der Waals surface area (Å²) in [6.07, 6.45) is 3.17. The number of amides is 1. The lowest BCUT2D eigenvalue weighted by atomic mass is 9.91. The van der Waals surface area contributed by atoms with E-state index in [4.69, 9.17) is 4.74 Å². The third kappa shape index (κ3) is 3.48. The molecule has 1 amide bonds. The predicted molar refractivity (Wildman–Crippen MR) is 112 cm³/mol. The number of nitrogens with one attached hydrogen (secondary N) is 1. The van der Waals surface area contributed by atoms with Gasteiger partial charge in [-0.1, -0.05) is 61.4 Å². The molecule has 2 atom stereocenters. The lowest BCUT2D eigenvalue weighted by Gasteiger charge is -2.28. The molecule has 3 aromatic rings. The Morgan fingerprint density at radius 1 is 0.929 bits per heavy atom. The third-order valence-electron chi connectivity index (χ3n) is 5.61. The summed E-state index contributed by atoms with van der Waals surface area (Å²) in [6.45, 7) is 0. The minimum Gasteiger partial charge on any atom is -0.496 e. The van der Waals surface area contributed by atoms with Gasteiger partial charge in [0.2, 0.25) is 0 Å². The van der Waals surface area contributed by atoms with Gasteiger partial charge in [-0.05, 0) is 41.3 Å². The van der Waals surface area contributed by atoms with Crippen LogP contribution in [-0.4, -0.2) is 30.3 Å². The first-order chi connectivity index (χ1) is 13.7. The summed E-state index contributed by atoms with van der Waals surface area (Å²) >= 11 is 0. The van der Waals surface area contributed by atoms with E-state index in [1.165, 1.54) is 0 Å². The molecule has 0 unspecified atom stereocenters. The van der Waals surface area contributed by atoms with Crippen LogP contribution in [0.4, 0.5) is 0 Å². The average Bonchev–Trinajstić information content (AvgIpc) is 2.74. The van der Waals surface area contributed by atoms with Crippen molar-refractivity contribution in [3.8, 4) is 16.9 Å². The molecular formula is C24H25NO3. The van der Waals surface area contributed by atoms with Gasteiger partial charge in [0.1, 0.15) is 5.75 Å². The number of benzene rings is 3. The average molecular weight is 375 g/mol. The van der Waals surface area contributed by atoms with Crippen molar-refractivity contribution >= 4 is 16.7 Å². The highest BCUT2D eigenvalue weighted by molar-refractivity contribution is 6.11. The van der Waals surface area contributed by atoms with Crippen molar-refractivity contribution in [3.05, 3.63) is 66.2 Å². The molecule has 0 radical (unpaired) electrons. The summed E-state index contributed by atoms with van der Waals surface area (Å²) in [5.74, 6) is 0.670. The van der Waals surface area contributed by atoms with Gasteiger partial charge >= 0.3 is 0 Å². The number of rotatable bonds is 4. The van der Waals surface area contributed by atoms with Crippen LogP contribution in [0.3, 0.4) is 0 Å². The standard InChI is InChI=1S/C24H25NO3/c1-28-23-13-7-4-10-19(23)18-14-15-20(17-9-3-2-8-16(17)18)24(27)25-21-11-5-6-12-22(21)26/h2-4,7-10,13-15,21-22,26H,5-6,11-12H2,1H3,(H,25,27)/t21-,22-/m1/s1. The second-order valence-corrected chi connectivity index (χ2v) is 7.34. The molecule has 2 N–H and O–H groups in total. The lowest BCUT2D eigenvalue weighted by molar-refractivity contribution is 0.0718. The van der Waals surface area contributed by atoms with Gasteiger partial charge in [0.05, 0.1) is 19.3 Å². The molecule has 1 fully saturated rings. The Hall–Kier alpha value is -2.85. The largest absolute Gasteiger partial charge is 0.496 e. The molecule has 4 nitrogen and oxygen atoms in total. The van der Waals surface area contributed by atoms with Crippen LogP contribution in [0, 0.1) is 0 Å². The summed E-state index contributed by atoms with van der Waals surface area (Å²) in [7, 11) is 1.67. The van der Waals surface area contributed by atoms with Gasteiger partial charge in [-0.2, -0.15) is 0 Å². The van der Waals surface area contributed by atoms with E-state index < -0.39 is 6.10 Å². The highest BCUT2D eigenvalue weighted by atomic mass is 16.5. The Labute approximate surface area is 165 Å². The van der Waals surface area contributed by atoms with E-state index in [-0.39, 0.29) is 11.9 Å². The molecule has 0 bridgehead atoms. The third-order valence-corrected chi connectivity index (χ3v) is 5.61. The summed E-state index contributed by atoms with van der Waals surface area (Å²) in [5.41, 5.74) is 2.66. The number of ether oxygens (including phenoxy) is 1. The summed E-state index contributed by atoms with van der Waals surface area (Å²) in [5, 5.41) is 15.1. The fraction of sp³-hybridized carbons (Fsp3) is 0.292. The Kier molecular flexibility index (Phi) is 5.31. The molecule has 3 aromatic carbocycles. The molecule has 0 aliphatic heterocycles. The van der Waals surface area contributed by atoms with Crippen molar-refractivity contribution in [2.24, 2.45) is 0 Å². The highest BCUT2D eigenvalue weighted by Gasteiger charge is 2.25. The monoisotopic (exact) mass is 375 g/mol. The van der Waals surface area contributed by atoms with Gasteiger partial charge in [0, 0.05) is 11.1 Å². The Morgan fingerprint density at radius 3 is 2.43 bits per heavy atom. The number of hydrogen-bond acceptors (Lipinski definition) is 3. The second kappa shape index (κ2) is 8.03. The molecule has 0 spiro atoms. The maximum Gasteiger partial charge on any atom is 0.252 e. The second-order valence-electron chi connectivity index (χ2n) is 7.34. The zero-order chi connectivity index (χ0) is 19.5. The van der Waals surface area contributed by atoms with Gasteiger partial charge in [-0.15, -0.1) is 0 Å². The van der Waals surface area contributed by atoms with E-state index in [9.17, 15) is 9.90 Å². The first-order valence-electron chi connectivity index (χ1n) is 9.83. The van der Waals surface area contributed by atoms with Gasteiger partial charge in [0.15, 0.2) is 0 Å². The van der Waals surface area contributed by atoms with Crippen LogP contribution in [0.1, 0.15) is 36.0 Å². The molecule has 144 valence electrons. The molecule has 0 heterocycles. The zero-order valence-corrected chi connectivity index (χ0v) is 16.0. The topological polar surface area (TPSA) is 58.6 Å². The van der Waals surface area contributed by atoms with E-state index >= 15 is 0 Å². The molecule has 4 heteroatoms. The summed E-state index contributed by atoms with van der Waals surface area (Å²) in [6, 6.07) is 19.5. The smallest absolute Gasteiger partial charge is 0.252 e. The number of carbonyl (C=O) groups excluding carboxylic acids is 1. The van der Waals surface area contributed by atoms with Crippen LogP contribution in [0.25, 0.3) is 21.9 Å². The summed E-state index contributed by atoms with van der Waals surface area (Å²) in [4.78, 5) is 13.0. The fourth-order valence-corrected chi connectivity index (χ4v) is 4.12. The Bertz CT molecular complexity index is 998. The fourth-order valence-electron chi connectivity index (χ4n) is 4.12. The molecule has 0 aromatic heterocycles. The minimum atomic E-state index is -0.461. The first kappa shape index (κ1) is 18.5. The lowest BCUT2D eigenvalue weighted by Crippen LogP contribution is -2.45. The van der Waals surface area contributed by atoms with E-state index in [2.05, 4.69) is 5.32 Å². The van der Waals surface area contributed by atoms with Crippen molar-refractivity contribution in [3.63, 3.8) is 0 Å². The molecule has 4 rings (SSSR count). The Morgan fingerprint density at radius 2 is 1.64 bits per heavy atom. The van der Waals surface area contributed by atoms with Crippen molar-refractivity contribution < 1.29 is 14.6 Å². The number of para-hydroxylation sites is 1. The quantitative estimate of drug-likeness (QED) is 0.703. The van der Waals surface area contributed by atoms with E-state index in [0.717, 1.165) is 53.3 Å². The van der Waals surface area contributed by atoms with Crippen LogP contribution in [0.2, 0.25) is 0 Å². The normalized spacial score (nSPS) is 19.4. The number of hydrogen-bond donors (Lipinski definition) is 2. The van der Waals surface area contributed by atoms with Crippen LogP contribution in [-0.2, 0) is 0 Å². The molecule has 28 heavy (non-hydrogen) atoms. The number of methoxy groups -OCH3 is 1. The van der Waals surface area contributed by atoms with Crippen LogP contribution in [0.5, 0.6) is 5.75 Å². The van der Waals surface area contributed by atoms with Gasteiger partial charge < -0.3 is 15.2 Å². The van der Waals surface area contributed by atoms with Crippen LogP contribution in [0.15, 0.2) is 60.7 Å². The minimum absolute atomic E-state index is 0.131. The molecule has 1 aliphatic rings. The van der Waals surface area contributed by atoms with Crippen molar-refractivity contribution in [2.45, 2.75) is 37.8 Å². The molecule has 1 aliphatic carbocycles. The van der Waals surface area contributed by atoms with Gasteiger partial charge in [-0.3, -0.25) is 4.79 Å². The van der Waals surface area contributed by atoms with Gasteiger partial charge in [-0.25, -0.2) is 0 Å². The van der Waals surface area contributed by atoms with Crippen molar-refractivity contribution in [1.29, 1.82) is 0 Å². The summed E-state index contributed by atoms with van der Waals surface area (Å²) < 4.78 is 5.53. The maximum atomic E-state index is 13.0. The number of fused-ring (bicyclic) bond motifs is 1. The Balaban J connectivity index is 1.75. The highest BCUT2D eigenvalue weighted by Crippen LogP contribution is 2.36. The molecular weight excluding hydrogens is 350 g/mol. The van der Waals surface area contributed by atoms with E-state index in [1.807, 2.05) is 60.7 Å². The first-order valence-corrected chi connectivity index (χ1v) is 9.83. The molecule has 1 saturated carbocycles. The SMILES string of the molecule is COc1ccccc1-c1ccc(C(=O)N[C@@H]2CCCC[C@H]2O)c2ccccc12.